The van der Waals surface area contributed by atoms with Crippen molar-refractivity contribution in [3.63, 3.8) is 0 Å². The van der Waals surface area contributed by atoms with Crippen molar-refractivity contribution in [1.29, 1.82) is 0 Å². The van der Waals surface area contributed by atoms with Gasteiger partial charge in [0.15, 0.2) is 0 Å². The lowest BCUT2D eigenvalue weighted by atomic mass is 9.76. The molecule has 1 spiro atoms. The highest BCUT2D eigenvalue weighted by molar-refractivity contribution is 5.93. The molecule has 4 atom stereocenters. The summed E-state index contributed by atoms with van der Waals surface area (Å²) in [5.74, 6) is -0.975. The first-order chi connectivity index (χ1) is 12.6. The quantitative estimate of drug-likeness (QED) is 0.744. The van der Waals surface area contributed by atoms with E-state index < -0.39 is 23.5 Å². The molecule has 0 aromatic carbocycles. The topological polar surface area (TPSA) is 83.0 Å². The molecule has 3 saturated heterocycles. The number of carbonyl (C=O) groups excluding carboxylic acids is 2. The molecule has 26 heavy (non-hydrogen) atoms. The molecular formula is C19H21N3O4. The number of aliphatic hydroxyl groups is 1. The molecule has 3 fully saturated rings. The number of fused-ring (bicyclic) bond motifs is 1. The summed E-state index contributed by atoms with van der Waals surface area (Å²) in [6, 6.07) is 3.90. The Labute approximate surface area is 151 Å². The Morgan fingerprint density at radius 2 is 2.12 bits per heavy atom. The summed E-state index contributed by atoms with van der Waals surface area (Å²) in [6.07, 6.45) is 7.38. The monoisotopic (exact) mass is 355 g/mol. The average Bonchev–Trinajstić information content (AvgIpc) is 3.26. The van der Waals surface area contributed by atoms with Gasteiger partial charge in [0, 0.05) is 32.0 Å². The van der Waals surface area contributed by atoms with Crippen LogP contribution < -0.4 is 0 Å². The van der Waals surface area contributed by atoms with E-state index in [1.807, 2.05) is 29.2 Å². The average molecular weight is 355 g/mol. The van der Waals surface area contributed by atoms with Crippen LogP contribution >= 0.6 is 0 Å². The van der Waals surface area contributed by atoms with Crippen molar-refractivity contribution in [2.24, 2.45) is 11.8 Å². The highest BCUT2D eigenvalue weighted by Gasteiger charge is 2.67. The standard InChI is InChI=1S/C19H21N3O4/c23-13-9-22(10-13)17(24)15-14-1-5-19(26-14)11-21(18(25)16(15)19)8-4-12-2-6-20-7-3-12/h1-3,5-7,13-16,23H,4,8-11H2/t14-,15+,16+,19-/m0/s1. The van der Waals surface area contributed by atoms with E-state index in [2.05, 4.69) is 4.98 Å². The molecule has 1 aromatic rings. The second kappa shape index (κ2) is 5.62. The van der Waals surface area contributed by atoms with Crippen molar-refractivity contribution in [3.8, 4) is 0 Å². The Morgan fingerprint density at radius 3 is 2.85 bits per heavy atom. The minimum Gasteiger partial charge on any atom is -0.389 e. The fraction of sp³-hybridized carbons (Fsp3) is 0.526. The predicted octanol–water partition coefficient (Wildman–Crippen LogP) is -0.391. The Kier molecular flexibility index (Phi) is 3.45. The van der Waals surface area contributed by atoms with E-state index >= 15 is 0 Å². The smallest absolute Gasteiger partial charge is 0.230 e. The molecule has 5 rings (SSSR count). The number of amides is 2. The molecule has 0 radical (unpaired) electrons. The van der Waals surface area contributed by atoms with Gasteiger partial charge in [-0.15, -0.1) is 0 Å². The van der Waals surface area contributed by atoms with Gasteiger partial charge in [-0.1, -0.05) is 12.2 Å². The fourth-order valence-corrected chi connectivity index (χ4v) is 4.71. The molecular weight excluding hydrogens is 334 g/mol. The van der Waals surface area contributed by atoms with Gasteiger partial charge in [-0.2, -0.15) is 0 Å². The molecule has 1 aromatic heterocycles. The van der Waals surface area contributed by atoms with Gasteiger partial charge in [0.1, 0.15) is 5.60 Å². The van der Waals surface area contributed by atoms with Crippen molar-refractivity contribution < 1.29 is 19.4 Å². The highest BCUT2D eigenvalue weighted by atomic mass is 16.5. The number of β-amino-alcohol motifs (C(OH)–C–C–N with tert-alkyl or cyclic N) is 1. The Bertz CT molecular complexity index is 776. The van der Waals surface area contributed by atoms with Gasteiger partial charge in [0.2, 0.25) is 11.8 Å². The van der Waals surface area contributed by atoms with E-state index in [-0.39, 0.29) is 17.9 Å². The third-order valence-corrected chi connectivity index (χ3v) is 6.06. The van der Waals surface area contributed by atoms with E-state index in [9.17, 15) is 14.7 Å². The molecule has 1 N–H and O–H groups in total. The Hall–Kier alpha value is -2.25. The number of nitrogens with zero attached hydrogens (tertiary/aromatic N) is 3. The van der Waals surface area contributed by atoms with Gasteiger partial charge >= 0.3 is 0 Å². The molecule has 0 unspecified atom stereocenters. The number of rotatable bonds is 4. The maximum Gasteiger partial charge on any atom is 0.230 e. The number of carbonyl (C=O) groups is 2. The largest absolute Gasteiger partial charge is 0.389 e. The first-order valence-electron chi connectivity index (χ1n) is 9.09. The van der Waals surface area contributed by atoms with Crippen LogP contribution in [0.1, 0.15) is 5.56 Å². The van der Waals surface area contributed by atoms with Gasteiger partial charge in [0.25, 0.3) is 0 Å². The lowest BCUT2D eigenvalue weighted by Gasteiger charge is -2.39. The van der Waals surface area contributed by atoms with Crippen LogP contribution in [0.3, 0.4) is 0 Å². The number of likely N-dealkylation sites (tertiary alicyclic amines) is 2. The molecule has 136 valence electrons. The van der Waals surface area contributed by atoms with Crippen molar-refractivity contribution >= 4 is 11.8 Å². The zero-order valence-electron chi connectivity index (χ0n) is 14.3. The number of aliphatic hydroxyl groups excluding tert-OH is 1. The number of ether oxygens (including phenoxy) is 1. The van der Waals surface area contributed by atoms with Crippen LogP contribution in [0.25, 0.3) is 0 Å². The lowest BCUT2D eigenvalue weighted by Crippen LogP contribution is -2.57. The summed E-state index contributed by atoms with van der Waals surface area (Å²) in [5.41, 5.74) is 0.467. The third-order valence-electron chi connectivity index (χ3n) is 6.06. The lowest BCUT2D eigenvalue weighted by molar-refractivity contribution is -0.151. The van der Waals surface area contributed by atoms with Gasteiger partial charge in [-0.25, -0.2) is 0 Å². The van der Waals surface area contributed by atoms with E-state index in [1.54, 1.807) is 17.3 Å². The maximum atomic E-state index is 13.1. The second-order valence-electron chi connectivity index (χ2n) is 7.66. The SMILES string of the molecule is O=C([C@@H]1[C@@H]2C=C[C@@]3(CN(CCc4ccncc4)C(=O)[C@@H]13)O2)N1CC(O)C1. The van der Waals surface area contributed by atoms with Crippen molar-refractivity contribution in [3.05, 3.63) is 42.2 Å². The zero-order chi connectivity index (χ0) is 17.9. The number of hydrogen-bond acceptors (Lipinski definition) is 5. The fourth-order valence-electron chi connectivity index (χ4n) is 4.71. The molecule has 7 nitrogen and oxygen atoms in total. The second-order valence-corrected chi connectivity index (χ2v) is 7.66. The summed E-state index contributed by atoms with van der Waals surface area (Å²) < 4.78 is 6.12. The molecule has 4 aliphatic heterocycles. The van der Waals surface area contributed by atoms with Crippen LogP contribution in [0.4, 0.5) is 0 Å². The van der Waals surface area contributed by atoms with Crippen LogP contribution in [0.15, 0.2) is 36.7 Å². The van der Waals surface area contributed by atoms with Crippen LogP contribution in [-0.4, -0.2) is 75.7 Å². The normalized spacial score (nSPS) is 35.1. The van der Waals surface area contributed by atoms with Gasteiger partial charge < -0.3 is 19.6 Å². The molecule has 7 heteroatoms. The van der Waals surface area contributed by atoms with Crippen LogP contribution in [0.2, 0.25) is 0 Å². The van der Waals surface area contributed by atoms with Gasteiger partial charge in [0.05, 0.1) is 30.6 Å². The van der Waals surface area contributed by atoms with Crippen LogP contribution in [-0.2, 0) is 20.7 Å². The van der Waals surface area contributed by atoms with E-state index in [0.717, 1.165) is 12.0 Å². The Balaban J connectivity index is 1.33. The van der Waals surface area contributed by atoms with E-state index in [1.165, 1.54) is 0 Å². The van der Waals surface area contributed by atoms with Crippen LogP contribution in [0.5, 0.6) is 0 Å². The molecule has 4 aliphatic rings. The highest BCUT2D eigenvalue weighted by Crippen LogP contribution is 2.52. The zero-order valence-corrected chi connectivity index (χ0v) is 14.3. The van der Waals surface area contributed by atoms with Crippen molar-refractivity contribution in [2.75, 3.05) is 26.2 Å². The van der Waals surface area contributed by atoms with Gasteiger partial charge in [-0.3, -0.25) is 14.6 Å². The Morgan fingerprint density at radius 1 is 1.35 bits per heavy atom. The van der Waals surface area contributed by atoms with Crippen molar-refractivity contribution in [2.45, 2.75) is 24.2 Å². The summed E-state index contributed by atoms with van der Waals surface area (Å²) in [4.78, 5) is 33.4. The van der Waals surface area contributed by atoms with Crippen LogP contribution in [0, 0.1) is 11.8 Å². The minimum absolute atomic E-state index is 0.00493. The molecule has 2 amide bonds. The van der Waals surface area contributed by atoms with Crippen molar-refractivity contribution in [1.82, 2.24) is 14.8 Å². The van der Waals surface area contributed by atoms with Gasteiger partial charge in [-0.05, 0) is 24.1 Å². The summed E-state index contributed by atoms with van der Waals surface area (Å²) in [6.45, 7) is 1.81. The molecule has 5 heterocycles. The number of aromatic nitrogens is 1. The molecule has 0 aliphatic carbocycles. The summed E-state index contributed by atoms with van der Waals surface area (Å²) in [7, 11) is 0. The first-order valence-corrected chi connectivity index (χ1v) is 9.09. The predicted molar refractivity (Wildman–Crippen MR) is 90.8 cm³/mol. The number of pyridine rings is 1. The van der Waals surface area contributed by atoms with E-state index in [0.29, 0.717) is 26.2 Å². The molecule has 2 bridgehead atoms. The maximum absolute atomic E-state index is 13.1. The third kappa shape index (κ3) is 2.23. The minimum atomic E-state index is -0.663. The first kappa shape index (κ1) is 16.0. The number of hydrogen-bond donors (Lipinski definition) is 1. The van der Waals surface area contributed by atoms with E-state index in [4.69, 9.17) is 4.74 Å². The summed E-state index contributed by atoms with van der Waals surface area (Å²) in [5, 5.41) is 9.48. The molecule has 0 saturated carbocycles. The summed E-state index contributed by atoms with van der Waals surface area (Å²) >= 11 is 0.